The number of nitrogens with zero attached hydrogens (tertiary/aromatic N) is 2. The maximum absolute atomic E-state index is 13.4. The van der Waals surface area contributed by atoms with Gasteiger partial charge in [-0.05, 0) is 6.07 Å². The van der Waals surface area contributed by atoms with Gasteiger partial charge in [-0.25, -0.2) is 9.89 Å². The number of halogens is 3. The Kier molecular flexibility index (Phi) is 4.13. The number of methoxy groups -OCH3 is 1. The Morgan fingerprint density at radius 2 is 2.07 bits per heavy atom. The first-order valence-corrected chi connectivity index (χ1v) is 8.30. The van der Waals surface area contributed by atoms with Crippen LogP contribution in [0.3, 0.4) is 0 Å². The van der Waals surface area contributed by atoms with Crippen LogP contribution in [-0.2, 0) is 4.74 Å². The van der Waals surface area contributed by atoms with Gasteiger partial charge in [0, 0.05) is 24.4 Å². The lowest BCUT2D eigenvalue weighted by Gasteiger charge is -2.34. The number of aromatic nitrogens is 3. The number of ether oxygens (including phenoxy) is 2. The predicted octanol–water partition coefficient (Wildman–Crippen LogP) is 2.77. The lowest BCUT2D eigenvalue weighted by molar-refractivity contribution is -0.201. The summed E-state index contributed by atoms with van der Waals surface area (Å²) >= 11 is 0. The first-order valence-electron chi connectivity index (χ1n) is 8.30. The Labute approximate surface area is 156 Å². The van der Waals surface area contributed by atoms with Crippen molar-refractivity contribution in [1.82, 2.24) is 14.8 Å². The van der Waals surface area contributed by atoms with Crippen molar-refractivity contribution in [2.75, 3.05) is 7.11 Å². The molecule has 0 bridgehead atoms. The van der Waals surface area contributed by atoms with E-state index in [-0.39, 0.29) is 22.6 Å². The molecule has 0 fully saturated rings. The van der Waals surface area contributed by atoms with Crippen molar-refractivity contribution in [2.45, 2.75) is 24.7 Å². The highest BCUT2D eigenvalue weighted by Gasteiger charge is 2.46. The smallest absolute Gasteiger partial charge is 0.425 e. The summed E-state index contributed by atoms with van der Waals surface area (Å²) in [5.74, 6) is -0.651. The molecule has 3 aliphatic heterocycles. The standard InChI is InChI=1S/C18H14F3N3O4/c1-27-17(26)11-8-24(7-10-15(11)22-23-16(10)25)12-6-14(18(19,20)21)28-13-5-3-2-4-9(12)13/h2-5,7-8,12,14H,6H2,1H3,(H,23,25). The van der Waals surface area contributed by atoms with Gasteiger partial charge in [-0.1, -0.05) is 18.2 Å². The third-order valence-corrected chi connectivity index (χ3v) is 4.70. The molecule has 0 amide bonds. The Balaban J connectivity index is 1.91. The monoisotopic (exact) mass is 393 g/mol. The van der Waals surface area contributed by atoms with Gasteiger partial charge >= 0.3 is 12.1 Å². The number of benzene rings is 1. The molecule has 1 N–H and O–H groups in total. The molecule has 28 heavy (non-hydrogen) atoms. The number of rotatable bonds is 2. The van der Waals surface area contributed by atoms with Gasteiger partial charge in [0.1, 0.15) is 17.0 Å². The molecule has 0 aromatic heterocycles. The summed E-state index contributed by atoms with van der Waals surface area (Å²) in [6, 6.07) is 5.56. The number of carbonyl (C=O) groups is 1. The summed E-state index contributed by atoms with van der Waals surface area (Å²) in [6.45, 7) is 0. The van der Waals surface area contributed by atoms with E-state index in [9.17, 15) is 22.8 Å². The number of para-hydroxylation sites is 1. The van der Waals surface area contributed by atoms with Crippen LogP contribution in [0.2, 0.25) is 0 Å². The van der Waals surface area contributed by atoms with Crippen LogP contribution < -0.4 is 10.3 Å². The van der Waals surface area contributed by atoms with E-state index in [4.69, 9.17) is 9.47 Å². The van der Waals surface area contributed by atoms with Crippen molar-refractivity contribution in [3.05, 3.63) is 58.1 Å². The molecule has 146 valence electrons. The summed E-state index contributed by atoms with van der Waals surface area (Å²) in [4.78, 5) is 24.2. The van der Waals surface area contributed by atoms with Gasteiger partial charge in [0.05, 0.1) is 18.7 Å². The minimum absolute atomic E-state index is 0.0223. The van der Waals surface area contributed by atoms with E-state index in [1.165, 1.54) is 30.1 Å². The summed E-state index contributed by atoms with van der Waals surface area (Å²) in [5.41, 5.74) is 0.114. The minimum Gasteiger partial charge on any atom is -0.480 e. The SMILES string of the molecule is COC(=O)c1cn(C2CC(C(F)(F)F)Oc3ccccc32)cc2c(=O)[nH]nc1-2. The van der Waals surface area contributed by atoms with Crippen LogP contribution in [0.1, 0.15) is 28.4 Å². The minimum atomic E-state index is -4.57. The molecule has 10 heteroatoms. The number of alkyl halides is 3. The topological polar surface area (TPSA) is 86.2 Å². The first kappa shape index (κ1) is 18.1. The van der Waals surface area contributed by atoms with Crippen molar-refractivity contribution >= 4 is 5.97 Å². The molecule has 1 aromatic carbocycles. The second kappa shape index (κ2) is 6.39. The lowest BCUT2D eigenvalue weighted by Crippen LogP contribution is -2.40. The number of aromatic amines is 1. The molecular formula is C18H14F3N3O4. The molecule has 0 spiro atoms. The molecule has 0 saturated heterocycles. The van der Waals surface area contributed by atoms with Crippen molar-refractivity contribution in [1.29, 1.82) is 0 Å². The van der Waals surface area contributed by atoms with Crippen molar-refractivity contribution in [2.24, 2.45) is 0 Å². The number of H-pyrrole nitrogens is 1. The molecule has 2 unspecified atom stereocenters. The zero-order valence-electron chi connectivity index (χ0n) is 14.5. The van der Waals surface area contributed by atoms with Crippen LogP contribution in [0.25, 0.3) is 11.3 Å². The second-order valence-corrected chi connectivity index (χ2v) is 6.36. The highest BCUT2D eigenvalue weighted by atomic mass is 19.4. The van der Waals surface area contributed by atoms with E-state index in [1.54, 1.807) is 18.2 Å². The highest BCUT2D eigenvalue weighted by Crippen LogP contribution is 2.42. The van der Waals surface area contributed by atoms with Gasteiger partial charge < -0.3 is 14.0 Å². The third-order valence-electron chi connectivity index (χ3n) is 4.70. The number of hydrogen-bond donors (Lipinski definition) is 1. The Morgan fingerprint density at radius 1 is 1.32 bits per heavy atom. The number of esters is 1. The maximum Gasteiger partial charge on any atom is 0.425 e. The quantitative estimate of drug-likeness (QED) is 0.677. The van der Waals surface area contributed by atoms with Gasteiger partial charge in [0.15, 0.2) is 6.10 Å². The molecule has 1 aromatic rings. The van der Waals surface area contributed by atoms with E-state index in [1.807, 2.05) is 0 Å². The summed E-state index contributed by atoms with van der Waals surface area (Å²) < 4.78 is 51.4. The van der Waals surface area contributed by atoms with E-state index in [2.05, 4.69) is 10.2 Å². The fourth-order valence-electron chi connectivity index (χ4n) is 3.37. The Bertz CT molecular complexity index is 1070. The van der Waals surface area contributed by atoms with Crippen LogP contribution >= 0.6 is 0 Å². The number of carbonyl (C=O) groups excluding carboxylic acids is 1. The molecule has 7 nitrogen and oxygen atoms in total. The van der Waals surface area contributed by atoms with E-state index in [0.717, 1.165) is 0 Å². The molecular weight excluding hydrogens is 379 g/mol. The summed E-state index contributed by atoms with van der Waals surface area (Å²) in [5, 5.41) is 6.06. The van der Waals surface area contributed by atoms with Crippen LogP contribution in [0.15, 0.2) is 41.5 Å². The molecule has 3 heterocycles. The second-order valence-electron chi connectivity index (χ2n) is 6.36. The fraction of sp³-hybridized carbons (Fsp3) is 0.278. The number of fused-ring (bicyclic) bond motifs is 2. The molecule has 0 aliphatic carbocycles. The molecule has 0 radical (unpaired) electrons. The van der Waals surface area contributed by atoms with Gasteiger partial charge in [-0.15, -0.1) is 0 Å². The zero-order chi connectivity index (χ0) is 20.1. The van der Waals surface area contributed by atoms with E-state index >= 15 is 0 Å². The van der Waals surface area contributed by atoms with E-state index in [0.29, 0.717) is 5.56 Å². The third kappa shape index (κ3) is 2.90. The maximum atomic E-state index is 13.4. The van der Waals surface area contributed by atoms with Crippen LogP contribution in [0.5, 0.6) is 5.75 Å². The lowest BCUT2D eigenvalue weighted by atomic mass is 9.95. The highest BCUT2D eigenvalue weighted by molar-refractivity contribution is 5.96. The van der Waals surface area contributed by atoms with Gasteiger partial charge in [0.2, 0.25) is 0 Å². The average molecular weight is 393 g/mol. The fourth-order valence-corrected chi connectivity index (χ4v) is 3.37. The predicted molar refractivity (Wildman–Crippen MR) is 90.5 cm³/mol. The number of nitrogens with one attached hydrogen (secondary N) is 1. The number of hydrogen-bond acceptors (Lipinski definition) is 5. The van der Waals surface area contributed by atoms with Crippen LogP contribution in [-0.4, -0.2) is 40.1 Å². The normalized spacial score (nSPS) is 19.1. The van der Waals surface area contributed by atoms with Gasteiger partial charge in [-0.3, -0.25) is 4.79 Å². The van der Waals surface area contributed by atoms with Crippen molar-refractivity contribution in [3.8, 4) is 17.0 Å². The van der Waals surface area contributed by atoms with Gasteiger partial charge in [-0.2, -0.15) is 18.3 Å². The van der Waals surface area contributed by atoms with Crippen molar-refractivity contribution in [3.63, 3.8) is 0 Å². The van der Waals surface area contributed by atoms with Crippen LogP contribution in [0, 0.1) is 0 Å². The summed E-state index contributed by atoms with van der Waals surface area (Å²) in [6.07, 6.45) is -4.28. The van der Waals surface area contributed by atoms with Gasteiger partial charge in [0.25, 0.3) is 5.56 Å². The molecule has 0 saturated carbocycles. The van der Waals surface area contributed by atoms with Crippen molar-refractivity contribution < 1.29 is 27.4 Å². The molecule has 2 atom stereocenters. The molecule has 3 aliphatic rings. The largest absolute Gasteiger partial charge is 0.480 e. The van der Waals surface area contributed by atoms with E-state index < -0.39 is 36.3 Å². The first-order chi connectivity index (χ1) is 13.3. The summed E-state index contributed by atoms with van der Waals surface area (Å²) in [7, 11) is 1.17. The average Bonchev–Trinajstić information content (AvgIpc) is 3.06. The number of pyridine rings is 1. The molecule has 4 rings (SSSR count). The van der Waals surface area contributed by atoms with Crippen LogP contribution in [0.4, 0.5) is 13.2 Å². The zero-order valence-corrected chi connectivity index (χ0v) is 14.5. The Hall–Kier alpha value is -3.30. The Morgan fingerprint density at radius 3 is 2.79 bits per heavy atom.